The third kappa shape index (κ3) is 1.53. The molecule has 11 heavy (non-hydrogen) atoms. The van der Waals surface area contributed by atoms with Gasteiger partial charge in [0.2, 0.25) is 0 Å². The zero-order valence-electron chi connectivity index (χ0n) is 6.68. The summed E-state index contributed by atoms with van der Waals surface area (Å²) in [7, 11) is 0. The van der Waals surface area contributed by atoms with Gasteiger partial charge in [-0.15, -0.1) is 12.4 Å². The second-order valence-corrected chi connectivity index (χ2v) is 3.77. The Bertz CT molecular complexity index is 136. The van der Waals surface area contributed by atoms with Crippen molar-refractivity contribution in [1.82, 2.24) is 5.32 Å². The molecule has 2 rings (SSSR count). The van der Waals surface area contributed by atoms with Gasteiger partial charge in [0.25, 0.3) is 0 Å². The molecule has 1 aliphatic heterocycles. The number of rotatable bonds is 1. The minimum absolute atomic E-state index is 0. The quantitative estimate of drug-likeness (QED) is 0.625. The van der Waals surface area contributed by atoms with E-state index < -0.39 is 0 Å². The van der Waals surface area contributed by atoms with Crippen molar-refractivity contribution in [3.05, 3.63) is 0 Å². The molecule has 66 valence electrons. The lowest BCUT2D eigenvalue weighted by Gasteiger charge is -2.38. The molecule has 1 heterocycles. The van der Waals surface area contributed by atoms with Crippen molar-refractivity contribution < 1.29 is 5.11 Å². The van der Waals surface area contributed by atoms with Crippen LogP contribution in [0.1, 0.15) is 25.7 Å². The average molecular weight is 178 g/mol. The fourth-order valence-corrected chi connectivity index (χ4v) is 2.17. The summed E-state index contributed by atoms with van der Waals surface area (Å²) in [5.74, 6) is 0.542. The van der Waals surface area contributed by atoms with Crippen molar-refractivity contribution in [1.29, 1.82) is 0 Å². The fourth-order valence-electron chi connectivity index (χ4n) is 2.17. The van der Waals surface area contributed by atoms with Crippen molar-refractivity contribution in [2.45, 2.75) is 31.2 Å². The van der Waals surface area contributed by atoms with E-state index in [0.29, 0.717) is 18.1 Å². The summed E-state index contributed by atoms with van der Waals surface area (Å²) in [4.78, 5) is 0. The van der Waals surface area contributed by atoms with E-state index in [1.54, 1.807) is 0 Å². The van der Waals surface area contributed by atoms with E-state index in [1.165, 1.54) is 25.7 Å². The third-order valence-corrected chi connectivity index (χ3v) is 3.01. The summed E-state index contributed by atoms with van der Waals surface area (Å²) in [5, 5.41) is 12.4. The Morgan fingerprint density at radius 1 is 1.45 bits per heavy atom. The maximum atomic E-state index is 8.88. The van der Waals surface area contributed by atoms with E-state index in [-0.39, 0.29) is 12.4 Å². The number of aliphatic hydroxyl groups is 1. The smallest absolute Gasteiger partial charge is 0.0472 e. The molecule has 1 saturated heterocycles. The first-order chi connectivity index (χ1) is 4.85. The molecule has 0 radical (unpaired) electrons. The van der Waals surface area contributed by atoms with Crippen LogP contribution in [0.3, 0.4) is 0 Å². The first-order valence-corrected chi connectivity index (χ1v) is 4.21. The summed E-state index contributed by atoms with van der Waals surface area (Å²) < 4.78 is 0. The zero-order valence-corrected chi connectivity index (χ0v) is 7.49. The summed E-state index contributed by atoms with van der Waals surface area (Å²) in [6.45, 7) is 1.41. The molecule has 1 atom stereocenters. The van der Waals surface area contributed by atoms with Gasteiger partial charge in [0.05, 0.1) is 0 Å². The van der Waals surface area contributed by atoms with Gasteiger partial charge in [-0.3, -0.25) is 0 Å². The minimum Gasteiger partial charge on any atom is -0.396 e. The molecule has 0 aromatic heterocycles. The SMILES string of the molecule is Cl.OCC1CNC2(CCC2)C1. The topological polar surface area (TPSA) is 32.3 Å². The molecule has 1 aliphatic carbocycles. The van der Waals surface area contributed by atoms with E-state index in [9.17, 15) is 0 Å². The van der Waals surface area contributed by atoms with Crippen LogP contribution in [-0.2, 0) is 0 Å². The predicted molar refractivity (Wildman–Crippen MR) is 47.0 cm³/mol. The Kier molecular flexibility index (Phi) is 2.79. The van der Waals surface area contributed by atoms with Gasteiger partial charge in [-0.1, -0.05) is 0 Å². The Morgan fingerprint density at radius 3 is 2.45 bits per heavy atom. The van der Waals surface area contributed by atoms with Crippen molar-refractivity contribution in [3.8, 4) is 0 Å². The van der Waals surface area contributed by atoms with Crippen LogP contribution in [0.15, 0.2) is 0 Å². The first-order valence-electron chi connectivity index (χ1n) is 4.21. The van der Waals surface area contributed by atoms with E-state index in [4.69, 9.17) is 5.11 Å². The molecule has 1 saturated carbocycles. The average Bonchev–Trinajstić information content (AvgIpc) is 2.29. The standard InChI is InChI=1S/C8H15NO.ClH/c10-6-7-4-8(9-5-7)2-1-3-8;/h7,9-10H,1-6H2;1H. The van der Waals surface area contributed by atoms with Crippen molar-refractivity contribution in [3.63, 3.8) is 0 Å². The zero-order chi connectivity index (χ0) is 7.03. The predicted octanol–water partition coefficient (Wildman–Crippen LogP) is 0.933. The summed E-state index contributed by atoms with van der Waals surface area (Å²) >= 11 is 0. The van der Waals surface area contributed by atoms with Crippen molar-refractivity contribution in [2.24, 2.45) is 5.92 Å². The van der Waals surface area contributed by atoms with E-state index in [2.05, 4.69) is 5.32 Å². The van der Waals surface area contributed by atoms with Gasteiger partial charge in [-0.2, -0.15) is 0 Å². The van der Waals surface area contributed by atoms with Gasteiger partial charge < -0.3 is 10.4 Å². The second-order valence-electron chi connectivity index (χ2n) is 3.77. The lowest BCUT2D eigenvalue weighted by Crippen LogP contribution is -2.45. The Morgan fingerprint density at radius 2 is 2.18 bits per heavy atom. The molecule has 3 heteroatoms. The fraction of sp³-hybridized carbons (Fsp3) is 1.00. The van der Waals surface area contributed by atoms with E-state index >= 15 is 0 Å². The van der Waals surface area contributed by atoms with Gasteiger partial charge in [0, 0.05) is 18.7 Å². The first kappa shape index (κ1) is 9.30. The molecule has 0 amide bonds. The highest BCUT2D eigenvalue weighted by Crippen LogP contribution is 2.40. The van der Waals surface area contributed by atoms with Crippen LogP contribution in [0.4, 0.5) is 0 Å². The Hall–Kier alpha value is 0.210. The molecule has 1 unspecified atom stereocenters. The minimum atomic E-state index is 0. The van der Waals surface area contributed by atoms with Gasteiger partial charge in [-0.05, 0) is 31.6 Å². The van der Waals surface area contributed by atoms with Crippen LogP contribution in [0.2, 0.25) is 0 Å². The molecular weight excluding hydrogens is 162 g/mol. The summed E-state index contributed by atoms with van der Waals surface area (Å²) in [6.07, 6.45) is 5.27. The van der Waals surface area contributed by atoms with E-state index in [1.807, 2.05) is 0 Å². The number of hydrogen-bond acceptors (Lipinski definition) is 2. The number of halogens is 1. The normalized spacial score (nSPS) is 33.0. The van der Waals surface area contributed by atoms with Crippen LogP contribution in [0.5, 0.6) is 0 Å². The maximum Gasteiger partial charge on any atom is 0.0472 e. The molecule has 2 N–H and O–H groups in total. The Labute approximate surface area is 73.8 Å². The molecule has 0 aromatic carbocycles. The summed E-state index contributed by atoms with van der Waals surface area (Å²) in [6, 6.07) is 0. The molecule has 0 bridgehead atoms. The third-order valence-electron chi connectivity index (χ3n) is 3.01. The molecular formula is C8H16ClNO. The van der Waals surface area contributed by atoms with Crippen LogP contribution < -0.4 is 5.32 Å². The molecule has 2 fully saturated rings. The van der Waals surface area contributed by atoms with Crippen LogP contribution in [0, 0.1) is 5.92 Å². The Balaban J connectivity index is 0.000000605. The number of hydrogen-bond donors (Lipinski definition) is 2. The van der Waals surface area contributed by atoms with Crippen LogP contribution in [0.25, 0.3) is 0 Å². The molecule has 0 aromatic rings. The molecule has 1 spiro atoms. The van der Waals surface area contributed by atoms with Crippen LogP contribution >= 0.6 is 12.4 Å². The monoisotopic (exact) mass is 177 g/mol. The van der Waals surface area contributed by atoms with Gasteiger partial charge >= 0.3 is 0 Å². The molecule has 2 aliphatic rings. The summed E-state index contributed by atoms with van der Waals surface area (Å²) in [5.41, 5.74) is 0.480. The second kappa shape index (κ2) is 3.30. The highest BCUT2D eigenvalue weighted by molar-refractivity contribution is 5.85. The molecule has 2 nitrogen and oxygen atoms in total. The lowest BCUT2D eigenvalue weighted by atomic mass is 9.74. The van der Waals surface area contributed by atoms with Gasteiger partial charge in [-0.25, -0.2) is 0 Å². The van der Waals surface area contributed by atoms with E-state index in [0.717, 1.165) is 6.54 Å². The lowest BCUT2D eigenvalue weighted by molar-refractivity contribution is 0.188. The number of aliphatic hydroxyl groups excluding tert-OH is 1. The van der Waals surface area contributed by atoms with Gasteiger partial charge in [0.15, 0.2) is 0 Å². The van der Waals surface area contributed by atoms with Crippen molar-refractivity contribution in [2.75, 3.05) is 13.2 Å². The highest BCUT2D eigenvalue weighted by atomic mass is 35.5. The largest absolute Gasteiger partial charge is 0.396 e. The van der Waals surface area contributed by atoms with Crippen molar-refractivity contribution >= 4 is 12.4 Å². The van der Waals surface area contributed by atoms with Crippen LogP contribution in [-0.4, -0.2) is 23.8 Å². The van der Waals surface area contributed by atoms with Gasteiger partial charge in [0.1, 0.15) is 0 Å². The number of nitrogens with one attached hydrogen (secondary N) is 1. The highest BCUT2D eigenvalue weighted by Gasteiger charge is 2.42. The maximum absolute atomic E-state index is 8.88.